The van der Waals surface area contributed by atoms with Crippen LogP contribution in [-0.4, -0.2) is 38.1 Å². The minimum Gasteiger partial charge on any atom is -0.348 e. The summed E-state index contributed by atoms with van der Waals surface area (Å²) in [7, 11) is -3.43. The summed E-state index contributed by atoms with van der Waals surface area (Å²) in [4.78, 5) is 15.4. The third kappa shape index (κ3) is 6.01. The first-order valence-electron chi connectivity index (χ1n) is 10.5. The largest absolute Gasteiger partial charge is 0.348 e. The van der Waals surface area contributed by atoms with Gasteiger partial charge in [0.1, 0.15) is 0 Å². The zero-order valence-corrected chi connectivity index (χ0v) is 20.2. The van der Waals surface area contributed by atoms with Crippen LogP contribution in [0.3, 0.4) is 0 Å². The topological polar surface area (TPSA) is 66.5 Å². The SMILES string of the molecule is CCS(=O)(=O)c1ccc(Cl)cc1CNC(=O)c1cc(C)c(CN2CCCCC2)c(Cl)c1. The first-order valence-corrected chi connectivity index (χ1v) is 12.9. The number of carbonyl (C=O) groups excluding carboxylic acids is 1. The molecule has 31 heavy (non-hydrogen) atoms. The molecule has 5 nitrogen and oxygen atoms in total. The van der Waals surface area contributed by atoms with Crippen LogP contribution < -0.4 is 5.32 Å². The molecule has 0 unspecified atom stereocenters. The highest BCUT2D eigenvalue weighted by Crippen LogP contribution is 2.26. The molecule has 3 rings (SSSR count). The van der Waals surface area contributed by atoms with E-state index in [2.05, 4.69) is 10.2 Å². The van der Waals surface area contributed by atoms with E-state index in [4.69, 9.17) is 23.2 Å². The normalized spacial score (nSPS) is 15.1. The number of sulfone groups is 1. The Bertz CT molecular complexity index is 1040. The van der Waals surface area contributed by atoms with Crippen LogP contribution >= 0.6 is 23.2 Å². The van der Waals surface area contributed by atoms with Crippen LogP contribution in [0.4, 0.5) is 0 Å². The summed E-state index contributed by atoms with van der Waals surface area (Å²) in [5, 5.41) is 3.80. The van der Waals surface area contributed by atoms with Gasteiger partial charge in [-0.1, -0.05) is 36.5 Å². The lowest BCUT2D eigenvalue weighted by molar-refractivity contribution is 0.0950. The molecule has 0 bridgehead atoms. The van der Waals surface area contributed by atoms with Gasteiger partial charge in [0, 0.05) is 28.7 Å². The second-order valence-electron chi connectivity index (χ2n) is 7.93. The summed E-state index contributed by atoms with van der Waals surface area (Å²) in [5.74, 6) is -0.336. The van der Waals surface area contributed by atoms with Crippen molar-refractivity contribution in [2.45, 2.75) is 51.1 Å². The number of amides is 1. The quantitative estimate of drug-likeness (QED) is 0.601. The molecule has 1 saturated heterocycles. The monoisotopic (exact) mass is 482 g/mol. The lowest BCUT2D eigenvalue weighted by atomic mass is 10.0. The van der Waals surface area contributed by atoms with Crippen molar-refractivity contribution >= 4 is 38.9 Å². The Hall–Kier alpha value is -1.60. The highest BCUT2D eigenvalue weighted by Gasteiger charge is 2.19. The third-order valence-electron chi connectivity index (χ3n) is 5.69. The van der Waals surface area contributed by atoms with E-state index in [-0.39, 0.29) is 23.1 Å². The van der Waals surface area contributed by atoms with Gasteiger partial charge in [0.15, 0.2) is 9.84 Å². The highest BCUT2D eigenvalue weighted by atomic mass is 35.5. The van der Waals surface area contributed by atoms with Crippen LogP contribution in [0.25, 0.3) is 0 Å². The number of hydrogen-bond donors (Lipinski definition) is 1. The number of rotatable bonds is 7. The Morgan fingerprint density at radius 3 is 2.45 bits per heavy atom. The molecule has 0 aliphatic carbocycles. The molecule has 8 heteroatoms. The standard InChI is InChI=1S/C23H28Cl2N2O3S/c1-3-31(29,30)22-8-7-19(24)12-18(22)14-26-23(28)17-11-16(2)20(21(25)13-17)15-27-9-5-4-6-10-27/h7-8,11-13H,3-6,9-10,14-15H2,1-2H3,(H,26,28). The number of aryl methyl sites for hydroxylation is 1. The molecule has 1 heterocycles. The zero-order valence-electron chi connectivity index (χ0n) is 17.9. The number of halogens is 2. The van der Waals surface area contributed by atoms with Gasteiger partial charge in [-0.2, -0.15) is 0 Å². The number of piperidine rings is 1. The van der Waals surface area contributed by atoms with Gasteiger partial charge >= 0.3 is 0 Å². The van der Waals surface area contributed by atoms with Gasteiger partial charge < -0.3 is 5.32 Å². The van der Waals surface area contributed by atoms with Gasteiger partial charge in [0.05, 0.1) is 10.6 Å². The van der Waals surface area contributed by atoms with Gasteiger partial charge in [0.25, 0.3) is 5.91 Å². The lowest BCUT2D eigenvalue weighted by Crippen LogP contribution is -2.29. The smallest absolute Gasteiger partial charge is 0.251 e. The van der Waals surface area contributed by atoms with Gasteiger partial charge in [-0.3, -0.25) is 9.69 Å². The van der Waals surface area contributed by atoms with Crippen LogP contribution in [0.2, 0.25) is 10.0 Å². The molecule has 0 saturated carbocycles. The molecule has 2 aromatic carbocycles. The fourth-order valence-electron chi connectivity index (χ4n) is 3.87. The molecule has 1 fully saturated rings. The molecule has 0 aromatic heterocycles. The summed E-state index contributed by atoms with van der Waals surface area (Å²) in [6.45, 7) is 6.53. The predicted octanol–water partition coefficient (Wildman–Crippen LogP) is 5.01. The van der Waals surface area contributed by atoms with E-state index in [1.807, 2.05) is 13.0 Å². The molecule has 2 aromatic rings. The fourth-order valence-corrected chi connectivity index (χ4v) is 5.51. The van der Waals surface area contributed by atoms with E-state index in [0.29, 0.717) is 21.2 Å². The van der Waals surface area contributed by atoms with E-state index in [1.54, 1.807) is 25.1 Å². The van der Waals surface area contributed by atoms with Crippen LogP contribution in [-0.2, 0) is 22.9 Å². The van der Waals surface area contributed by atoms with Gasteiger partial charge in [-0.15, -0.1) is 0 Å². The molecule has 1 amide bonds. The minimum absolute atomic E-state index is 0.0249. The van der Waals surface area contributed by atoms with Crippen molar-refractivity contribution in [3.05, 3.63) is 62.6 Å². The van der Waals surface area contributed by atoms with Crippen molar-refractivity contribution in [3.8, 4) is 0 Å². The van der Waals surface area contributed by atoms with E-state index in [1.165, 1.54) is 25.3 Å². The maximum atomic E-state index is 12.8. The predicted molar refractivity (Wildman–Crippen MR) is 126 cm³/mol. The Labute approximate surface area is 194 Å². The molecule has 168 valence electrons. The molecule has 0 spiro atoms. The summed E-state index contributed by atoms with van der Waals surface area (Å²) < 4.78 is 24.7. The van der Waals surface area contributed by atoms with Crippen molar-refractivity contribution < 1.29 is 13.2 Å². The van der Waals surface area contributed by atoms with E-state index >= 15 is 0 Å². The number of nitrogens with zero attached hydrogens (tertiary/aromatic N) is 1. The van der Waals surface area contributed by atoms with Crippen molar-refractivity contribution in [1.82, 2.24) is 10.2 Å². The van der Waals surface area contributed by atoms with Crippen molar-refractivity contribution in [1.29, 1.82) is 0 Å². The number of nitrogens with one attached hydrogen (secondary N) is 1. The summed E-state index contributed by atoms with van der Waals surface area (Å²) in [5.41, 5.74) is 2.94. The van der Waals surface area contributed by atoms with Crippen molar-refractivity contribution in [3.63, 3.8) is 0 Å². The lowest BCUT2D eigenvalue weighted by Gasteiger charge is -2.27. The average Bonchev–Trinajstić information content (AvgIpc) is 2.75. The van der Waals surface area contributed by atoms with Crippen molar-refractivity contribution in [2.24, 2.45) is 0 Å². The third-order valence-corrected chi connectivity index (χ3v) is 8.09. The van der Waals surface area contributed by atoms with Gasteiger partial charge in [-0.25, -0.2) is 8.42 Å². The molecule has 1 aliphatic heterocycles. The summed E-state index contributed by atoms with van der Waals surface area (Å²) in [6, 6.07) is 8.12. The summed E-state index contributed by atoms with van der Waals surface area (Å²) >= 11 is 12.6. The number of likely N-dealkylation sites (tertiary alicyclic amines) is 1. The summed E-state index contributed by atoms with van der Waals surface area (Å²) in [6.07, 6.45) is 3.68. The van der Waals surface area contributed by atoms with E-state index in [9.17, 15) is 13.2 Å². The van der Waals surface area contributed by atoms with Gasteiger partial charge in [-0.05, 0) is 79.9 Å². The van der Waals surface area contributed by atoms with Crippen molar-refractivity contribution in [2.75, 3.05) is 18.8 Å². The maximum absolute atomic E-state index is 12.8. The van der Waals surface area contributed by atoms with Gasteiger partial charge in [0.2, 0.25) is 0 Å². The Kier molecular flexibility index (Phi) is 8.03. The molecule has 0 atom stereocenters. The van der Waals surface area contributed by atoms with Crippen LogP contribution in [0.1, 0.15) is 53.2 Å². The van der Waals surface area contributed by atoms with Crippen LogP contribution in [0.15, 0.2) is 35.2 Å². The van der Waals surface area contributed by atoms with Crippen LogP contribution in [0, 0.1) is 6.92 Å². The first-order chi connectivity index (χ1) is 14.7. The highest BCUT2D eigenvalue weighted by molar-refractivity contribution is 7.91. The molecule has 1 aliphatic rings. The second kappa shape index (κ2) is 10.3. The fraction of sp³-hybridized carbons (Fsp3) is 0.435. The van der Waals surface area contributed by atoms with E-state index < -0.39 is 9.84 Å². The van der Waals surface area contributed by atoms with Crippen LogP contribution in [0.5, 0.6) is 0 Å². The number of benzene rings is 2. The second-order valence-corrected chi connectivity index (χ2v) is 11.0. The average molecular weight is 483 g/mol. The first kappa shape index (κ1) is 24.1. The molecular weight excluding hydrogens is 455 g/mol. The molecular formula is C23H28Cl2N2O3S. The zero-order chi connectivity index (χ0) is 22.6. The van der Waals surface area contributed by atoms with E-state index in [0.717, 1.165) is 30.8 Å². The number of carbonyl (C=O) groups is 1. The number of hydrogen-bond acceptors (Lipinski definition) is 4. The Balaban J connectivity index is 1.75. The Morgan fingerprint density at radius 1 is 1.10 bits per heavy atom. The minimum atomic E-state index is -3.43. The Morgan fingerprint density at radius 2 is 1.81 bits per heavy atom. The molecule has 0 radical (unpaired) electrons. The molecule has 1 N–H and O–H groups in total. The maximum Gasteiger partial charge on any atom is 0.251 e.